The number of imide groups is 1. The lowest BCUT2D eigenvalue weighted by atomic mass is 9.97. The Morgan fingerprint density at radius 1 is 1.22 bits per heavy atom. The van der Waals surface area contributed by atoms with E-state index in [9.17, 15) is 9.59 Å². The number of rotatable bonds is 5. The van der Waals surface area contributed by atoms with Gasteiger partial charge in [0.15, 0.2) is 8.32 Å². The lowest BCUT2D eigenvalue weighted by molar-refractivity contribution is -0.123. The molecule has 0 bridgehead atoms. The highest BCUT2D eigenvalue weighted by Gasteiger charge is 2.54. The first-order valence-electron chi connectivity index (χ1n) is 9.58. The maximum absolute atomic E-state index is 12.5. The molecule has 148 valence electrons. The number of hydrogen-bond donors (Lipinski definition) is 2. The molecule has 0 unspecified atom stereocenters. The third-order valence-corrected chi connectivity index (χ3v) is 10.8. The van der Waals surface area contributed by atoms with Gasteiger partial charge in [-0.2, -0.15) is 0 Å². The van der Waals surface area contributed by atoms with Crippen molar-refractivity contribution < 1.29 is 14.0 Å². The maximum Gasteiger partial charge on any atom is 0.322 e. The molecule has 6 nitrogen and oxygen atoms in total. The first kappa shape index (κ1) is 20.0. The SMILES string of the molecule is CC(C)(C)[Si](C)(C)OC[C@@H]1C[C@@]2(CN1Cc1ccccc1)NC(=O)NC2=O. The van der Waals surface area contributed by atoms with Crippen LogP contribution in [0.1, 0.15) is 32.8 Å². The van der Waals surface area contributed by atoms with E-state index in [1.165, 1.54) is 5.56 Å². The van der Waals surface area contributed by atoms with Gasteiger partial charge >= 0.3 is 6.03 Å². The molecule has 27 heavy (non-hydrogen) atoms. The molecule has 2 aliphatic rings. The van der Waals surface area contributed by atoms with Crippen molar-refractivity contribution in [3.8, 4) is 0 Å². The summed E-state index contributed by atoms with van der Waals surface area (Å²) in [6, 6.07) is 9.90. The fraction of sp³-hybridized carbons (Fsp3) is 0.600. The second kappa shape index (κ2) is 7.03. The second-order valence-corrected chi connectivity index (χ2v) is 14.1. The minimum atomic E-state index is -1.89. The number of amides is 3. The molecular formula is C20H31N3O3Si. The van der Waals surface area contributed by atoms with Crippen LogP contribution in [0.3, 0.4) is 0 Å². The molecule has 1 aromatic rings. The molecule has 0 saturated carbocycles. The van der Waals surface area contributed by atoms with Gasteiger partial charge in [-0.05, 0) is 30.1 Å². The summed E-state index contributed by atoms with van der Waals surface area (Å²) in [5.41, 5.74) is 0.351. The number of likely N-dealkylation sites (tertiary alicyclic amines) is 1. The zero-order chi connectivity index (χ0) is 19.9. The number of benzene rings is 1. The van der Waals surface area contributed by atoms with E-state index in [-0.39, 0.29) is 17.0 Å². The molecule has 0 aromatic heterocycles. The van der Waals surface area contributed by atoms with Crippen LogP contribution in [0.4, 0.5) is 4.79 Å². The van der Waals surface area contributed by atoms with Crippen molar-refractivity contribution in [1.29, 1.82) is 0 Å². The summed E-state index contributed by atoms with van der Waals surface area (Å²) in [5.74, 6) is -0.222. The van der Waals surface area contributed by atoms with Crippen molar-refractivity contribution in [2.75, 3.05) is 13.2 Å². The Bertz CT molecular complexity index is 717. The van der Waals surface area contributed by atoms with Crippen LogP contribution in [0.15, 0.2) is 30.3 Å². The van der Waals surface area contributed by atoms with E-state index < -0.39 is 19.9 Å². The van der Waals surface area contributed by atoms with E-state index in [0.29, 0.717) is 19.6 Å². The number of urea groups is 1. The Morgan fingerprint density at radius 3 is 2.44 bits per heavy atom. The van der Waals surface area contributed by atoms with Gasteiger partial charge in [0.05, 0.1) is 0 Å². The van der Waals surface area contributed by atoms with Crippen molar-refractivity contribution in [3.05, 3.63) is 35.9 Å². The Kier molecular flexibility index (Phi) is 5.22. The van der Waals surface area contributed by atoms with Gasteiger partial charge in [-0.25, -0.2) is 4.79 Å². The normalized spacial score (nSPS) is 26.5. The van der Waals surface area contributed by atoms with E-state index in [2.05, 4.69) is 61.5 Å². The largest absolute Gasteiger partial charge is 0.415 e. The van der Waals surface area contributed by atoms with Crippen molar-refractivity contribution in [2.45, 2.75) is 63.4 Å². The molecule has 3 rings (SSSR count). The standard InChI is InChI=1S/C20H31N3O3Si/c1-19(2,3)27(4,5)26-13-16-11-20(17(24)21-18(25)22-20)14-23(16)12-15-9-7-6-8-10-15/h6-10,16H,11-14H2,1-5H3,(H2,21,22,24,25)/t16-,20-/m0/s1. The summed E-state index contributed by atoms with van der Waals surface area (Å²) in [7, 11) is -1.89. The van der Waals surface area contributed by atoms with Gasteiger partial charge < -0.3 is 9.74 Å². The van der Waals surface area contributed by atoms with Crippen LogP contribution < -0.4 is 10.6 Å². The van der Waals surface area contributed by atoms with E-state index in [0.717, 1.165) is 6.54 Å². The van der Waals surface area contributed by atoms with Crippen LogP contribution >= 0.6 is 0 Å². The van der Waals surface area contributed by atoms with Gasteiger partial charge in [0.1, 0.15) is 5.54 Å². The molecule has 2 fully saturated rings. The molecule has 3 amide bonds. The minimum Gasteiger partial charge on any atom is -0.415 e. The van der Waals surface area contributed by atoms with Crippen LogP contribution in [0.5, 0.6) is 0 Å². The Hall–Kier alpha value is -1.70. The van der Waals surface area contributed by atoms with Crippen LogP contribution in [-0.2, 0) is 15.8 Å². The average molecular weight is 390 g/mol. The van der Waals surface area contributed by atoms with Crippen molar-refractivity contribution in [2.24, 2.45) is 0 Å². The lowest BCUT2D eigenvalue weighted by Gasteiger charge is -2.38. The fourth-order valence-electron chi connectivity index (χ4n) is 3.54. The zero-order valence-electron chi connectivity index (χ0n) is 17.0. The number of nitrogens with one attached hydrogen (secondary N) is 2. The molecule has 1 spiro atoms. The maximum atomic E-state index is 12.5. The smallest absolute Gasteiger partial charge is 0.322 e. The van der Waals surface area contributed by atoms with Gasteiger partial charge in [0.2, 0.25) is 0 Å². The molecule has 2 heterocycles. The van der Waals surface area contributed by atoms with Crippen LogP contribution in [0.2, 0.25) is 18.1 Å². The van der Waals surface area contributed by atoms with Gasteiger partial charge in [-0.1, -0.05) is 51.1 Å². The third kappa shape index (κ3) is 4.10. The number of carbonyl (C=O) groups excluding carboxylic acids is 2. The van der Waals surface area contributed by atoms with Gasteiger partial charge in [0.25, 0.3) is 5.91 Å². The van der Waals surface area contributed by atoms with E-state index >= 15 is 0 Å². The van der Waals surface area contributed by atoms with Crippen molar-refractivity contribution >= 4 is 20.3 Å². The summed E-state index contributed by atoms with van der Waals surface area (Å²) >= 11 is 0. The Morgan fingerprint density at radius 2 is 1.89 bits per heavy atom. The third-order valence-electron chi connectivity index (χ3n) is 6.26. The molecule has 7 heteroatoms. The summed E-state index contributed by atoms with van der Waals surface area (Å²) in [6.07, 6.45) is 0.575. The predicted octanol–water partition coefficient (Wildman–Crippen LogP) is 2.86. The van der Waals surface area contributed by atoms with E-state index in [4.69, 9.17) is 4.43 Å². The quantitative estimate of drug-likeness (QED) is 0.600. The first-order valence-corrected chi connectivity index (χ1v) is 12.5. The van der Waals surface area contributed by atoms with Gasteiger partial charge in [-0.3, -0.25) is 15.0 Å². The second-order valence-electron chi connectivity index (χ2n) is 9.31. The highest BCUT2D eigenvalue weighted by atomic mass is 28.4. The van der Waals surface area contributed by atoms with Crippen LogP contribution in [-0.4, -0.2) is 49.9 Å². The predicted molar refractivity (Wildman–Crippen MR) is 108 cm³/mol. The molecule has 1 aromatic carbocycles. The lowest BCUT2D eigenvalue weighted by Crippen LogP contribution is -2.48. The van der Waals surface area contributed by atoms with Gasteiger partial charge in [0, 0.05) is 25.7 Å². The molecule has 2 N–H and O–H groups in total. The summed E-state index contributed by atoms with van der Waals surface area (Å²) in [4.78, 5) is 26.5. The molecule has 2 saturated heterocycles. The Labute approximate surface area is 162 Å². The fourth-order valence-corrected chi connectivity index (χ4v) is 4.59. The monoisotopic (exact) mass is 389 g/mol. The molecule has 2 atom stereocenters. The Balaban J connectivity index is 1.78. The number of hydrogen-bond acceptors (Lipinski definition) is 4. The summed E-state index contributed by atoms with van der Waals surface area (Å²) < 4.78 is 6.46. The molecule has 0 radical (unpaired) electrons. The van der Waals surface area contributed by atoms with E-state index in [1.807, 2.05) is 18.2 Å². The number of carbonyl (C=O) groups is 2. The molecule has 2 aliphatic heterocycles. The topological polar surface area (TPSA) is 70.7 Å². The highest BCUT2D eigenvalue weighted by molar-refractivity contribution is 6.74. The first-order chi connectivity index (χ1) is 12.5. The van der Waals surface area contributed by atoms with Gasteiger partial charge in [-0.15, -0.1) is 0 Å². The summed E-state index contributed by atoms with van der Waals surface area (Å²) in [5, 5.41) is 5.40. The summed E-state index contributed by atoms with van der Waals surface area (Å²) in [6.45, 7) is 13.0. The van der Waals surface area contributed by atoms with Crippen molar-refractivity contribution in [1.82, 2.24) is 15.5 Å². The average Bonchev–Trinajstić information content (AvgIpc) is 3.04. The zero-order valence-corrected chi connectivity index (χ0v) is 18.0. The van der Waals surface area contributed by atoms with E-state index in [1.54, 1.807) is 0 Å². The molecule has 0 aliphatic carbocycles. The number of nitrogens with zero attached hydrogens (tertiary/aromatic N) is 1. The van der Waals surface area contributed by atoms with Crippen molar-refractivity contribution in [3.63, 3.8) is 0 Å². The molecular weight excluding hydrogens is 358 g/mol. The highest BCUT2D eigenvalue weighted by Crippen LogP contribution is 2.38. The van der Waals surface area contributed by atoms with Crippen LogP contribution in [0, 0.1) is 0 Å². The van der Waals surface area contributed by atoms with Crippen LogP contribution in [0.25, 0.3) is 0 Å². The minimum absolute atomic E-state index is 0.0866.